The molecule has 0 aliphatic carbocycles. The van der Waals surface area contributed by atoms with E-state index in [0.29, 0.717) is 11.4 Å². The number of methoxy groups -OCH3 is 1. The summed E-state index contributed by atoms with van der Waals surface area (Å²) >= 11 is 0. The van der Waals surface area contributed by atoms with Crippen LogP contribution in [0.1, 0.15) is 30.1 Å². The van der Waals surface area contributed by atoms with E-state index in [1.165, 1.54) is 12.1 Å². The van der Waals surface area contributed by atoms with Crippen LogP contribution in [0.5, 0.6) is 0 Å². The van der Waals surface area contributed by atoms with Gasteiger partial charge in [-0.25, -0.2) is 22.8 Å². The molecule has 2 atom stereocenters. The Kier molecular flexibility index (Phi) is 4.76. The fourth-order valence-corrected chi connectivity index (χ4v) is 3.37. The number of nitrogens with one attached hydrogen (secondary N) is 1. The molecule has 2 heterocycles. The lowest BCUT2D eigenvalue weighted by Crippen LogP contribution is -2.30. The van der Waals surface area contributed by atoms with Gasteiger partial charge in [-0.05, 0) is 18.6 Å². The maximum Gasteiger partial charge on any atom is 0.337 e. The first-order chi connectivity index (χ1) is 12.4. The quantitative estimate of drug-likeness (QED) is 0.829. The summed E-state index contributed by atoms with van der Waals surface area (Å²) in [5.41, 5.74) is 0.308. The smallest absolute Gasteiger partial charge is 0.337 e. The minimum atomic E-state index is -2.23. The highest BCUT2D eigenvalue weighted by molar-refractivity contribution is 6.01. The second kappa shape index (κ2) is 6.86. The summed E-state index contributed by atoms with van der Waals surface area (Å²) in [6.07, 6.45) is -2.23. The van der Waals surface area contributed by atoms with Crippen molar-refractivity contribution in [2.24, 2.45) is 0 Å². The van der Waals surface area contributed by atoms with Gasteiger partial charge < -0.3 is 14.8 Å². The average Bonchev–Trinajstić information content (AvgIpc) is 2.99. The molecule has 0 spiro atoms. The Hall–Kier alpha value is -2.77. The Balaban J connectivity index is 2.28. The van der Waals surface area contributed by atoms with Crippen molar-refractivity contribution >= 4 is 11.9 Å². The van der Waals surface area contributed by atoms with E-state index in [2.05, 4.69) is 5.32 Å². The first kappa shape index (κ1) is 18.0. The van der Waals surface area contributed by atoms with E-state index in [-0.39, 0.29) is 23.3 Å². The SMILES string of the molecule is COC(=O)C1=C(C)NC2=C(C(=O)OC2)[C@@H]1c1cccc(F)c1[C@H](F)CF. The summed E-state index contributed by atoms with van der Waals surface area (Å²) < 4.78 is 51.3. The van der Waals surface area contributed by atoms with Crippen LogP contribution in [0.3, 0.4) is 0 Å². The standard InChI is InChI=1S/C18H16F3NO4/c1-8-13(17(23)25-2)15(16-12(22-8)7-26-18(16)24)9-4-3-5-10(20)14(9)11(21)6-19/h3-5,11,15,22H,6-7H2,1-2H3/t11-,15-/m1/s1. The van der Waals surface area contributed by atoms with Gasteiger partial charge in [-0.15, -0.1) is 0 Å². The summed E-state index contributed by atoms with van der Waals surface area (Å²) in [7, 11) is 1.16. The van der Waals surface area contributed by atoms with Crippen molar-refractivity contribution in [2.45, 2.75) is 19.0 Å². The van der Waals surface area contributed by atoms with Crippen molar-refractivity contribution in [3.63, 3.8) is 0 Å². The third-order valence-corrected chi connectivity index (χ3v) is 4.46. The second-order valence-electron chi connectivity index (χ2n) is 5.92. The topological polar surface area (TPSA) is 64.6 Å². The van der Waals surface area contributed by atoms with Gasteiger partial charge in [-0.1, -0.05) is 12.1 Å². The van der Waals surface area contributed by atoms with Gasteiger partial charge in [0.1, 0.15) is 19.1 Å². The molecule has 2 aliphatic heterocycles. The molecule has 1 aromatic carbocycles. The van der Waals surface area contributed by atoms with Crippen molar-refractivity contribution in [3.05, 3.63) is 57.7 Å². The molecule has 0 unspecified atom stereocenters. The van der Waals surface area contributed by atoms with Crippen LogP contribution in [0.2, 0.25) is 0 Å². The molecule has 0 saturated carbocycles. The molecule has 8 heteroatoms. The fraction of sp³-hybridized carbons (Fsp3) is 0.333. The van der Waals surface area contributed by atoms with Crippen LogP contribution in [0.25, 0.3) is 0 Å². The molecule has 0 fully saturated rings. The van der Waals surface area contributed by atoms with Crippen LogP contribution < -0.4 is 5.32 Å². The Bertz CT molecular complexity index is 847. The van der Waals surface area contributed by atoms with E-state index >= 15 is 0 Å². The van der Waals surface area contributed by atoms with Crippen molar-refractivity contribution < 1.29 is 32.2 Å². The molecule has 1 N–H and O–H groups in total. The van der Waals surface area contributed by atoms with Gasteiger partial charge in [0.05, 0.1) is 29.9 Å². The van der Waals surface area contributed by atoms with Gasteiger partial charge >= 0.3 is 11.9 Å². The third kappa shape index (κ3) is 2.75. The van der Waals surface area contributed by atoms with E-state index in [1.54, 1.807) is 6.92 Å². The summed E-state index contributed by atoms with van der Waals surface area (Å²) in [6.45, 7) is 0.0850. The number of hydrogen-bond donors (Lipinski definition) is 1. The molecule has 5 nitrogen and oxygen atoms in total. The van der Waals surface area contributed by atoms with Crippen molar-refractivity contribution in [3.8, 4) is 0 Å². The fourth-order valence-electron chi connectivity index (χ4n) is 3.37. The highest BCUT2D eigenvalue weighted by Crippen LogP contribution is 2.44. The number of rotatable bonds is 4. The molecular weight excluding hydrogens is 351 g/mol. The molecule has 138 valence electrons. The highest BCUT2D eigenvalue weighted by atomic mass is 19.2. The molecule has 2 aliphatic rings. The first-order valence-electron chi connectivity index (χ1n) is 7.85. The Morgan fingerprint density at radius 2 is 2.19 bits per heavy atom. The minimum absolute atomic E-state index is 0.0113. The van der Waals surface area contributed by atoms with Gasteiger partial charge in [0.15, 0.2) is 6.17 Å². The molecular formula is C18H16F3NO4. The van der Waals surface area contributed by atoms with E-state index in [9.17, 15) is 22.8 Å². The zero-order valence-corrected chi connectivity index (χ0v) is 14.1. The van der Waals surface area contributed by atoms with Gasteiger partial charge in [0.25, 0.3) is 0 Å². The number of cyclic esters (lactones) is 1. The molecule has 0 aromatic heterocycles. The Morgan fingerprint density at radius 3 is 2.85 bits per heavy atom. The number of ether oxygens (including phenoxy) is 2. The highest BCUT2D eigenvalue weighted by Gasteiger charge is 2.43. The summed E-state index contributed by atoms with van der Waals surface area (Å²) in [5.74, 6) is -3.56. The maximum absolute atomic E-state index is 14.3. The van der Waals surface area contributed by atoms with E-state index < -0.39 is 42.1 Å². The molecule has 26 heavy (non-hydrogen) atoms. The van der Waals surface area contributed by atoms with Crippen LogP contribution in [0, 0.1) is 5.82 Å². The number of carbonyl (C=O) groups is 2. The Labute approximate surface area is 147 Å². The van der Waals surface area contributed by atoms with E-state index in [0.717, 1.165) is 13.2 Å². The van der Waals surface area contributed by atoms with Crippen LogP contribution in [-0.2, 0) is 19.1 Å². The number of hydrogen-bond acceptors (Lipinski definition) is 5. The predicted molar refractivity (Wildman–Crippen MR) is 84.8 cm³/mol. The minimum Gasteiger partial charge on any atom is -0.466 e. The zero-order valence-electron chi connectivity index (χ0n) is 14.1. The van der Waals surface area contributed by atoms with E-state index in [1.807, 2.05) is 0 Å². The maximum atomic E-state index is 14.3. The van der Waals surface area contributed by atoms with E-state index in [4.69, 9.17) is 9.47 Å². The number of esters is 2. The van der Waals surface area contributed by atoms with Gasteiger partial charge in [0, 0.05) is 11.3 Å². The number of carbonyl (C=O) groups excluding carboxylic acids is 2. The monoisotopic (exact) mass is 367 g/mol. The molecule has 0 bridgehead atoms. The number of benzene rings is 1. The van der Waals surface area contributed by atoms with Gasteiger partial charge in [-0.3, -0.25) is 0 Å². The Morgan fingerprint density at radius 1 is 1.46 bits per heavy atom. The third-order valence-electron chi connectivity index (χ3n) is 4.46. The molecule has 1 aromatic rings. The van der Waals surface area contributed by atoms with Crippen molar-refractivity contribution in [2.75, 3.05) is 20.4 Å². The number of halogens is 3. The molecule has 0 amide bonds. The molecule has 0 saturated heterocycles. The summed E-state index contributed by atoms with van der Waals surface area (Å²) in [4.78, 5) is 24.6. The average molecular weight is 367 g/mol. The second-order valence-corrected chi connectivity index (χ2v) is 5.92. The van der Waals surface area contributed by atoms with Crippen LogP contribution >= 0.6 is 0 Å². The number of dihydropyridines is 1. The summed E-state index contributed by atoms with van der Waals surface area (Å²) in [5, 5.41) is 2.90. The van der Waals surface area contributed by atoms with Crippen LogP contribution in [-0.4, -0.2) is 32.3 Å². The van der Waals surface area contributed by atoms with Gasteiger partial charge in [-0.2, -0.15) is 0 Å². The number of alkyl halides is 2. The first-order valence-corrected chi connectivity index (χ1v) is 7.85. The van der Waals surface area contributed by atoms with Crippen molar-refractivity contribution in [1.29, 1.82) is 0 Å². The normalized spacial score (nSPS) is 20.5. The summed E-state index contributed by atoms with van der Waals surface area (Å²) in [6, 6.07) is 3.67. The van der Waals surface area contributed by atoms with Gasteiger partial charge in [0.2, 0.25) is 0 Å². The lowest BCUT2D eigenvalue weighted by Gasteiger charge is -2.29. The molecule has 3 rings (SSSR count). The lowest BCUT2D eigenvalue weighted by molar-refractivity contribution is -0.136. The zero-order chi connectivity index (χ0) is 19.0. The van der Waals surface area contributed by atoms with Crippen LogP contribution in [0.4, 0.5) is 13.2 Å². The number of allylic oxidation sites excluding steroid dienone is 1. The largest absolute Gasteiger partial charge is 0.466 e. The molecule has 0 radical (unpaired) electrons. The lowest BCUT2D eigenvalue weighted by atomic mass is 9.78. The van der Waals surface area contributed by atoms with Crippen molar-refractivity contribution in [1.82, 2.24) is 5.32 Å². The predicted octanol–water partition coefficient (Wildman–Crippen LogP) is 2.75. The van der Waals surface area contributed by atoms with Crippen LogP contribution in [0.15, 0.2) is 40.7 Å².